The maximum atomic E-state index is 13.4. The third kappa shape index (κ3) is 20.8. The number of hydrogen-bond acceptors (Lipinski definition) is 12. The number of imide groups is 1. The zero-order chi connectivity index (χ0) is 54.0. The van der Waals surface area contributed by atoms with E-state index in [1.54, 1.807) is 14.0 Å². The van der Waals surface area contributed by atoms with Crippen LogP contribution in [0.1, 0.15) is 145 Å². The van der Waals surface area contributed by atoms with Crippen molar-refractivity contribution in [2.75, 3.05) is 34.0 Å². The number of benzene rings is 1. The number of alkyl carbamates (subject to hydrolysis) is 1. The molecule has 1 aliphatic carbocycles. The minimum Gasteiger partial charge on any atom is -0.495 e. The van der Waals surface area contributed by atoms with Gasteiger partial charge in [0.1, 0.15) is 29.6 Å². The molecule has 1 aromatic carbocycles. The van der Waals surface area contributed by atoms with Crippen LogP contribution in [-0.4, -0.2) is 127 Å². The van der Waals surface area contributed by atoms with E-state index in [4.69, 9.17) is 36.3 Å². The molecule has 6 amide bonds. The van der Waals surface area contributed by atoms with Gasteiger partial charge in [0.05, 0.1) is 29.9 Å². The molecule has 4 aliphatic rings. The Labute approximate surface area is 433 Å². The van der Waals surface area contributed by atoms with Crippen molar-refractivity contribution >= 4 is 65.0 Å². The molecule has 0 spiro atoms. The first kappa shape index (κ1) is 64.4. The fraction of sp³-hybridized carbons (Fsp3) is 0.679. The van der Waals surface area contributed by atoms with Gasteiger partial charge in [-0.25, -0.2) is 9.59 Å². The molecule has 3 unspecified atom stereocenters. The van der Waals surface area contributed by atoms with Crippen LogP contribution in [0, 0.1) is 11.8 Å². The Morgan fingerprint density at radius 2 is 1.72 bits per heavy atom. The van der Waals surface area contributed by atoms with E-state index < -0.39 is 47.3 Å². The van der Waals surface area contributed by atoms with Gasteiger partial charge in [0.2, 0.25) is 29.5 Å². The number of ether oxygens (including phenoxy) is 4. The van der Waals surface area contributed by atoms with Crippen LogP contribution in [0.2, 0.25) is 5.02 Å². The number of epoxide rings is 1. The van der Waals surface area contributed by atoms with E-state index in [-0.39, 0.29) is 66.7 Å². The van der Waals surface area contributed by atoms with Crippen molar-refractivity contribution in [3.05, 3.63) is 52.6 Å². The standard InChI is InChI=1S/C39H53ClN4O10S.C7H13NO.C3H8.2C2H6/c1-22(17-25-13-14-27(40)29(18-25)51-8)11-9-10-12-26-19-28(52-38(50)42-26)23(2)35-39(4,54-35)31(21-32(45)41-5)53-37(49)24(3)43(6)33(46)15-16-55-30-20-34(47)44(7)36(30)48;8-7(9)6-4-2-1-3-5-6;1-3-2;2*1-2/h9-11,13-14,18,23-24,26,28,30-31,35H,12,15-17,19-21H2,1-8H3,(H,41,45)(H,42,50);6H,1-5H2,(H2,8,9);3H2,1-2H3;2*1-2H3/b10-9+,22-11+;;;;/t23-,24+,26?,28?,30?,31+,35+,39+;;;;/m1..../s1. The number of allylic oxidation sites excluding steroid dienone is 3. The van der Waals surface area contributed by atoms with Crippen molar-refractivity contribution in [3.63, 3.8) is 0 Å². The van der Waals surface area contributed by atoms with E-state index in [9.17, 15) is 33.6 Å². The summed E-state index contributed by atoms with van der Waals surface area (Å²) < 4.78 is 23.1. The molecule has 402 valence electrons. The molecule has 3 saturated heterocycles. The summed E-state index contributed by atoms with van der Waals surface area (Å²) in [6, 6.07) is 4.53. The lowest BCUT2D eigenvalue weighted by atomic mass is 9.85. The number of methoxy groups -OCH3 is 1. The van der Waals surface area contributed by atoms with Gasteiger partial charge < -0.3 is 40.2 Å². The number of primary amides is 1. The Balaban J connectivity index is 0.00000136. The van der Waals surface area contributed by atoms with Gasteiger partial charge in [-0.3, -0.25) is 28.9 Å². The molecule has 0 bridgehead atoms. The Hall–Kier alpha value is -4.61. The van der Waals surface area contributed by atoms with Crippen LogP contribution in [0.4, 0.5) is 4.79 Å². The first-order valence-corrected chi connectivity index (χ1v) is 26.8. The number of likely N-dealkylation sites (tertiary alicyclic amines) is 1. The fourth-order valence-electron chi connectivity index (χ4n) is 8.14. The summed E-state index contributed by atoms with van der Waals surface area (Å²) in [7, 11) is 5.99. The highest BCUT2D eigenvalue weighted by Crippen LogP contribution is 2.48. The maximum Gasteiger partial charge on any atom is 0.407 e. The summed E-state index contributed by atoms with van der Waals surface area (Å²) in [5.41, 5.74) is 6.28. The van der Waals surface area contributed by atoms with Gasteiger partial charge in [-0.05, 0) is 64.2 Å². The van der Waals surface area contributed by atoms with Crippen LogP contribution in [-0.2, 0) is 49.4 Å². The number of amides is 6. The van der Waals surface area contributed by atoms with Crippen LogP contribution in [0.3, 0.4) is 0 Å². The molecule has 1 saturated carbocycles. The molecule has 4 N–H and O–H groups in total. The van der Waals surface area contributed by atoms with E-state index in [1.165, 1.54) is 70.4 Å². The van der Waals surface area contributed by atoms with Crippen molar-refractivity contribution in [2.24, 2.45) is 17.6 Å². The molecule has 3 aliphatic heterocycles. The third-order valence-electron chi connectivity index (χ3n) is 12.5. The summed E-state index contributed by atoms with van der Waals surface area (Å²) in [6.07, 6.45) is 12.2. The molecule has 8 atom stereocenters. The number of carbonyl (C=O) groups excluding carboxylic acids is 7. The monoisotopic (exact) mass is 1040 g/mol. The van der Waals surface area contributed by atoms with Gasteiger partial charge in [0, 0.05) is 64.0 Å². The first-order valence-electron chi connectivity index (χ1n) is 25.4. The van der Waals surface area contributed by atoms with Gasteiger partial charge in [-0.1, -0.05) is 116 Å². The second-order valence-electron chi connectivity index (χ2n) is 18.0. The summed E-state index contributed by atoms with van der Waals surface area (Å²) in [5, 5.41) is 5.49. The normalized spacial score (nSPS) is 22.9. The van der Waals surface area contributed by atoms with Gasteiger partial charge in [-0.2, -0.15) is 0 Å². The number of cyclic esters (lactones) is 1. The predicted molar refractivity (Wildman–Crippen MR) is 282 cm³/mol. The minimum atomic E-state index is -1.05. The summed E-state index contributed by atoms with van der Waals surface area (Å²) in [6.45, 7) is 19.5. The first-order chi connectivity index (χ1) is 33.7. The van der Waals surface area contributed by atoms with E-state index in [0.29, 0.717) is 29.4 Å². The highest BCUT2D eigenvalue weighted by molar-refractivity contribution is 8.00. The van der Waals surface area contributed by atoms with Crippen LogP contribution >= 0.6 is 23.4 Å². The third-order valence-corrected chi connectivity index (χ3v) is 14.1. The molecule has 4 fully saturated rings. The molecule has 18 heteroatoms. The number of thioether (sulfide) groups is 1. The molecule has 1 aromatic rings. The van der Waals surface area contributed by atoms with E-state index in [0.717, 1.165) is 35.3 Å². The van der Waals surface area contributed by atoms with E-state index >= 15 is 0 Å². The number of likely N-dealkylation sites (N-methyl/N-ethyl adjacent to an activating group) is 1. The summed E-state index contributed by atoms with van der Waals surface area (Å²) >= 11 is 7.38. The van der Waals surface area contributed by atoms with Gasteiger partial charge >= 0.3 is 12.1 Å². The predicted octanol–water partition coefficient (Wildman–Crippen LogP) is 8.74. The highest BCUT2D eigenvalue weighted by Gasteiger charge is 2.63. The number of halogens is 1. The van der Waals surface area contributed by atoms with Crippen molar-refractivity contribution in [1.82, 2.24) is 20.4 Å². The fourth-order valence-corrected chi connectivity index (χ4v) is 9.48. The van der Waals surface area contributed by atoms with Crippen molar-refractivity contribution in [1.29, 1.82) is 0 Å². The minimum absolute atomic E-state index is 0.0466. The smallest absolute Gasteiger partial charge is 0.407 e. The second-order valence-corrected chi connectivity index (χ2v) is 19.7. The topological polar surface area (TPSA) is 216 Å². The Morgan fingerprint density at radius 1 is 1.08 bits per heavy atom. The molecule has 16 nitrogen and oxygen atoms in total. The molecule has 71 heavy (non-hydrogen) atoms. The molecule has 0 radical (unpaired) electrons. The molecular weight excluding hydrogens is 950 g/mol. The largest absolute Gasteiger partial charge is 0.495 e. The molecular formula is C53H86ClN5O11S. The van der Waals surface area contributed by atoms with E-state index in [2.05, 4.69) is 24.5 Å². The van der Waals surface area contributed by atoms with Crippen LogP contribution in [0.5, 0.6) is 5.75 Å². The quantitative estimate of drug-likeness (QED) is 0.0513. The number of carbonyl (C=O) groups is 7. The Kier molecular flexibility index (Phi) is 30.1. The van der Waals surface area contributed by atoms with Crippen LogP contribution in [0.25, 0.3) is 0 Å². The number of hydrogen-bond donors (Lipinski definition) is 3. The summed E-state index contributed by atoms with van der Waals surface area (Å²) in [5.74, 6) is -1.23. The lowest BCUT2D eigenvalue weighted by Gasteiger charge is -2.33. The van der Waals surface area contributed by atoms with Gasteiger partial charge in [-0.15, -0.1) is 11.8 Å². The van der Waals surface area contributed by atoms with Crippen LogP contribution in [0.15, 0.2) is 42.0 Å². The SMILES string of the molecule is CC.CC.CCC.CNC(=O)C[C@H](OC(=O)[C@H](C)N(C)C(=O)CCSC1CC(=O)N(C)C1=O)[C@]1(C)O[C@H]1[C@H](C)C1CC(C/C=C/C=C(\C)Cc2ccc(Cl)c(OC)c2)NC(=O)O1.NC(=O)C1CCCCC1. The van der Waals surface area contributed by atoms with Gasteiger partial charge in [0.15, 0.2) is 0 Å². The molecule has 5 rings (SSSR count). The number of nitrogens with two attached hydrogens (primary N) is 1. The lowest BCUT2D eigenvalue weighted by molar-refractivity contribution is -0.162. The number of rotatable bonds is 19. The average Bonchev–Trinajstić information content (AvgIpc) is 4.00. The number of nitrogens with zero attached hydrogens (tertiary/aromatic N) is 2. The Bertz CT molecular complexity index is 1950. The molecule has 0 aromatic heterocycles. The van der Waals surface area contributed by atoms with Gasteiger partial charge in [0.25, 0.3) is 0 Å². The van der Waals surface area contributed by atoms with Crippen molar-refractivity contribution < 1.29 is 52.5 Å². The average molecular weight is 1040 g/mol. The van der Waals surface area contributed by atoms with Crippen LogP contribution < -0.4 is 21.1 Å². The lowest BCUT2D eigenvalue weighted by Crippen LogP contribution is -2.49. The number of esters is 1. The number of nitrogens with one attached hydrogen (secondary N) is 2. The zero-order valence-corrected chi connectivity index (χ0v) is 46.6. The highest BCUT2D eigenvalue weighted by atomic mass is 35.5. The second kappa shape index (κ2) is 33.2. The van der Waals surface area contributed by atoms with E-state index in [1.807, 2.05) is 78.0 Å². The van der Waals surface area contributed by atoms with Crippen molar-refractivity contribution in [3.8, 4) is 5.75 Å². The molecule has 3 heterocycles. The maximum absolute atomic E-state index is 13.4. The Morgan fingerprint density at radius 3 is 2.27 bits per heavy atom. The summed E-state index contributed by atoms with van der Waals surface area (Å²) in [4.78, 5) is 88.5. The zero-order valence-electron chi connectivity index (χ0n) is 45.0. The van der Waals surface area contributed by atoms with Crippen molar-refractivity contribution in [2.45, 2.75) is 188 Å².